The fourth-order valence-electron chi connectivity index (χ4n) is 1.66. The molecular weight excluding hydrogens is 302 g/mol. The number of nitrogens with one attached hydrogen (secondary N) is 1. The topological polar surface area (TPSA) is 102 Å². The third-order valence-electron chi connectivity index (χ3n) is 2.63. The molecule has 0 aliphatic rings. The highest BCUT2D eigenvalue weighted by molar-refractivity contribution is 6.01. The number of carbonyl (C=O) groups is 3. The number of benzene rings is 1. The molecule has 1 amide bonds. The number of carbonyl (C=O) groups excluding carboxylic acids is 2. The van der Waals surface area contributed by atoms with Crippen LogP contribution in [-0.2, 0) is 9.53 Å². The second kappa shape index (κ2) is 7.62. The maximum absolute atomic E-state index is 12.2. The molecule has 2 N–H and O–H groups in total. The molecule has 0 radical (unpaired) electrons. The first-order valence-electron chi connectivity index (χ1n) is 7.07. The molecule has 0 unspecified atom stereocenters. The normalized spacial score (nSPS) is 12.2. The molecular formula is C16H21NO6. The van der Waals surface area contributed by atoms with Gasteiger partial charge in [0.15, 0.2) is 12.4 Å². The smallest absolute Gasteiger partial charge is 0.408 e. The average Bonchev–Trinajstić information content (AvgIpc) is 2.42. The standard InChI is InChI=1S/C16H21NO6/c1-10(17-15(21)23-16(2,3)4)14(20)11-5-7-12(8-6-11)22-9-13(18)19/h5-8,10H,9H2,1-4H3,(H,17,21)(H,18,19)/t10-/m0/s1. The van der Waals surface area contributed by atoms with E-state index in [2.05, 4.69) is 5.32 Å². The van der Waals surface area contributed by atoms with Crippen LogP contribution in [0.1, 0.15) is 38.1 Å². The molecule has 0 heterocycles. The van der Waals surface area contributed by atoms with Crippen molar-refractivity contribution in [3.05, 3.63) is 29.8 Å². The van der Waals surface area contributed by atoms with Crippen LogP contribution < -0.4 is 10.1 Å². The van der Waals surface area contributed by atoms with Gasteiger partial charge in [0.05, 0.1) is 6.04 Å². The molecule has 0 saturated carbocycles. The minimum Gasteiger partial charge on any atom is -0.482 e. The number of hydrogen-bond donors (Lipinski definition) is 2. The summed E-state index contributed by atoms with van der Waals surface area (Å²) in [4.78, 5) is 34.3. The van der Waals surface area contributed by atoms with Crippen LogP contribution in [0.3, 0.4) is 0 Å². The highest BCUT2D eigenvalue weighted by atomic mass is 16.6. The van der Waals surface area contributed by atoms with Crippen molar-refractivity contribution in [1.29, 1.82) is 0 Å². The maximum Gasteiger partial charge on any atom is 0.408 e. The molecule has 7 nitrogen and oxygen atoms in total. The van der Waals surface area contributed by atoms with Gasteiger partial charge in [-0.2, -0.15) is 0 Å². The Morgan fingerprint density at radius 3 is 2.22 bits per heavy atom. The van der Waals surface area contributed by atoms with Gasteiger partial charge in [0.1, 0.15) is 11.4 Å². The summed E-state index contributed by atoms with van der Waals surface area (Å²) in [6.45, 7) is 6.30. The van der Waals surface area contributed by atoms with Gasteiger partial charge < -0.3 is 19.9 Å². The van der Waals surface area contributed by atoms with Gasteiger partial charge in [-0.15, -0.1) is 0 Å². The first-order valence-corrected chi connectivity index (χ1v) is 7.07. The zero-order chi connectivity index (χ0) is 17.6. The largest absolute Gasteiger partial charge is 0.482 e. The molecule has 0 saturated heterocycles. The van der Waals surface area contributed by atoms with Crippen molar-refractivity contribution in [2.75, 3.05) is 6.61 Å². The van der Waals surface area contributed by atoms with Crippen molar-refractivity contribution in [2.45, 2.75) is 39.3 Å². The molecule has 126 valence electrons. The first kappa shape index (κ1) is 18.5. The predicted octanol–water partition coefficient (Wildman–Crippen LogP) is 2.25. The summed E-state index contributed by atoms with van der Waals surface area (Å²) in [7, 11) is 0. The first-order chi connectivity index (χ1) is 10.6. The summed E-state index contributed by atoms with van der Waals surface area (Å²) in [6, 6.07) is 5.25. The fraction of sp³-hybridized carbons (Fsp3) is 0.438. The van der Waals surface area contributed by atoms with Crippen LogP contribution in [0.25, 0.3) is 0 Å². The second-order valence-electron chi connectivity index (χ2n) is 5.94. The molecule has 1 aromatic carbocycles. The Morgan fingerprint density at radius 2 is 1.74 bits per heavy atom. The van der Waals surface area contributed by atoms with E-state index in [0.29, 0.717) is 11.3 Å². The number of carboxylic acid groups (broad SMARTS) is 1. The van der Waals surface area contributed by atoms with Crippen molar-refractivity contribution in [3.63, 3.8) is 0 Å². The van der Waals surface area contributed by atoms with Crippen molar-refractivity contribution >= 4 is 17.8 Å². The number of aliphatic carboxylic acids is 1. The van der Waals surface area contributed by atoms with E-state index < -0.39 is 30.3 Å². The molecule has 1 atom stereocenters. The predicted molar refractivity (Wildman–Crippen MR) is 82.7 cm³/mol. The van der Waals surface area contributed by atoms with Crippen molar-refractivity contribution in [3.8, 4) is 5.75 Å². The lowest BCUT2D eigenvalue weighted by Gasteiger charge is -2.21. The molecule has 7 heteroatoms. The van der Waals surface area contributed by atoms with E-state index in [-0.39, 0.29) is 5.78 Å². The van der Waals surface area contributed by atoms with Gasteiger partial charge in [-0.3, -0.25) is 4.79 Å². The van der Waals surface area contributed by atoms with Gasteiger partial charge in [-0.25, -0.2) is 9.59 Å². The maximum atomic E-state index is 12.2. The van der Waals surface area contributed by atoms with Crippen molar-refractivity contribution in [2.24, 2.45) is 0 Å². The van der Waals surface area contributed by atoms with Gasteiger partial charge in [-0.05, 0) is 52.0 Å². The van der Waals surface area contributed by atoms with Crippen LogP contribution >= 0.6 is 0 Å². The zero-order valence-electron chi connectivity index (χ0n) is 13.6. The van der Waals surface area contributed by atoms with Crippen LogP contribution in [0.5, 0.6) is 5.75 Å². The highest BCUT2D eigenvalue weighted by Crippen LogP contribution is 2.14. The van der Waals surface area contributed by atoms with Crippen LogP contribution in [0.2, 0.25) is 0 Å². The second-order valence-corrected chi connectivity index (χ2v) is 5.94. The van der Waals surface area contributed by atoms with Crippen LogP contribution in [0.15, 0.2) is 24.3 Å². The van der Waals surface area contributed by atoms with E-state index >= 15 is 0 Å². The molecule has 0 fully saturated rings. The Morgan fingerprint density at radius 1 is 1.17 bits per heavy atom. The summed E-state index contributed by atoms with van der Waals surface area (Å²) in [5.41, 5.74) is -0.271. The van der Waals surface area contributed by atoms with Crippen molar-refractivity contribution in [1.82, 2.24) is 5.32 Å². The molecule has 1 aromatic rings. The van der Waals surface area contributed by atoms with E-state index in [1.54, 1.807) is 27.7 Å². The quantitative estimate of drug-likeness (QED) is 0.779. The van der Waals surface area contributed by atoms with Gasteiger partial charge in [0, 0.05) is 5.56 Å². The average molecular weight is 323 g/mol. The van der Waals surface area contributed by atoms with Gasteiger partial charge in [-0.1, -0.05) is 0 Å². The molecule has 23 heavy (non-hydrogen) atoms. The number of rotatable bonds is 6. The van der Waals surface area contributed by atoms with Gasteiger partial charge in [0.25, 0.3) is 0 Å². The van der Waals surface area contributed by atoms with Crippen molar-refractivity contribution < 1.29 is 29.0 Å². The summed E-state index contributed by atoms with van der Waals surface area (Å²) >= 11 is 0. The van der Waals surface area contributed by atoms with E-state index in [9.17, 15) is 14.4 Å². The number of Topliss-reactive ketones (excluding diaryl/α,β-unsaturated/α-hetero) is 1. The lowest BCUT2D eigenvalue weighted by molar-refractivity contribution is -0.139. The number of hydrogen-bond acceptors (Lipinski definition) is 5. The summed E-state index contributed by atoms with van der Waals surface area (Å²) < 4.78 is 10.1. The number of amides is 1. The van der Waals surface area contributed by atoms with Gasteiger partial charge in [0.2, 0.25) is 0 Å². The lowest BCUT2D eigenvalue weighted by Crippen LogP contribution is -2.41. The number of carboxylic acids is 1. The summed E-state index contributed by atoms with van der Waals surface area (Å²) in [6.07, 6.45) is -0.667. The minimum absolute atomic E-state index is 0.291. The van der Waals surface area contributed by atoms with E-state index in [0.717, 1.165) is 0 Å². The lowest BCUT2D eigenvalue weighted by atomic mass is 10.1. The van der Waals surface area contributed by atoms with Gasteiger partial charge >= 0.3 is 12.1 Å². The minimum atomic E-state index is -1.08. The number of ether oxygens (including phenoxy) is 2. The zero-order valence-corrected chi connectivity index (χ0v) is 13.6. The SMILES string of the molecule is C[C@H](NC(=O)OC(C)(C)C)C(=O)c1ccc(OCC(=O)O)cc1. The summed E-state index contributed by atoms with van der Waals surface area (Å²) in [5, 5.41) is 11.0. The molecule has 1 rings (SSSR count). The highest BCUT2D eigenvalue weighted by Gasteiger charge is 2.21. The van der Waals surface area contributed by atoms with Crippen LogP contribution in [0, 0.1) is 0 Å². The Bertz CT molecular complexity index is 573. The monoisotopic (exact) mass is 323 g/mol. The Hall–Kier alpha value is -2.57. The fourth-order valence-corrected chi connectivity index (χ4v) is 1.66. The molecule has 0 aliphatic carbocycles. The van der Waals surface area contributed by atoms with Crippen LogP contribution in [0.4, 0.5) is 4.79 Å². The third-order valence-corrected chi connectivity index (χ3v) is 2.63. The number of alkyl carbamates (subject to hydrolysis) is 1. The Balaban J connectivity index is 2.62. The van der Waals surface area contributed by atoms with E-state index in [4.69, 9.17) is 14.6 Å². The third kappa shape index (κ3) is 6.82. The van der Waals surface area contributed by atoms with Crippen LogP contribution in [-0.4, -0.2) is 41.2 Å². The summed E-state index contributed by atoms with van der Waals surface area (Å²) in [5.74, 6) is -1.03. The molecule has 0 aliphatic heterocycles. The molecule has 0 bridgehead atoms. The molecule has 0 spiro atoms. The van der Waals surface area contributed by atoms with E-state index in [1.165, 1.54) is 24.3 Å². The Kier molecular flexibility index (Phi) is 6.12. The van der Waals surface area contributed by atoms with E-state index in [1.807, 2.05) is 0 Å². The number of ketones is 1. The Labute approximate surface area is 134 Å². The molecule has 0 aromatic heterocycles.